The predicted octanol–water partition coefficient (Wildman–Crippen LogP) is 2.26. The standard InChI is InChI=1S/C9H8ClNO2S/c1-13-9(12)6(5-11)4-7-2-3-8(10)14-7/h2-3,6H,4H2,1H3/t6-/m0/s1. The number of carbonyl (C=O) groups excluding carboxylic acids is 1. The summed E-state index contributed by atoms with van der Waals surface area (Å²) in [7, 11) is 1.27. The first-order valence-corrected chi connectivity index (χ1v) is 5.08. The molecule has 0 N–H and O–H groups in total. The number of ether oxygens (including phenoxy) is 1. The minimum Gasteiger partial charge on any atom is -0.468 e. The fraction of sp³-hybridized carbons (Fsp3) is 0.333. The predicted molar refractivity (Wildman–Crippen MR) is 54.2 cm³/mol. The third-order valence-corrected chi connectivity index (χ3v) is 2.93. The topological polar surface area (TPSA) is 50.1 Å². The van der Waals surface area contributed by atoms with Crippen molar-refractivity contribution in [2.75, 3.05) is 7.11 Å². The van der Waals surface area contributed by atoms with Gasteiger partial charge in [0.2, 0.25) is 0 Å². The minimum atomic E-state index is -0.741. The van der Waals surface area contributed by atoms with E-state index in [0.29, 0.717) is 10.8 Å². The van der Waals surface area contributed by atoms with E-state index in [1.165, 1.54) is 18.4 Å². The number of thiophene rings is 1. The molecule has 0 fully saturated rings. The summed E-state index contributed by atoms with van der Waals surface area (Å²) in [5, 5.41) is 8.72. The van der Waals surface area contributed by atoms with Gasteiger partial charge in [-0.3, -0.25) is 4.79 Å². The van der Waals surface area contributed by atoms with Crippen LogP contribution in [-0.2, 0) is 16.0 Å². The molecule has 0 saturated carbocycles. The highest BCUT2D eigenvalue weighted by atomic mass is 35.5. The third-order valence-electron chi connectivity index (χ3n) is 1.68. The summed E-state index contributed by atoms with van der Waals surface area (Å²) >= 11 is 7.09. The molecule has 0 radical (unpaired) electrons. The van der Waals surface area contributed by atoms with Crippen LogP contribution in [0.5, 0.6) is 0 Å². The van der Waals surface area contributed by atoms with Crippen molar-refractivity contribution in [1.82, 2.24) is 0 Å². The Balaban J connectivity index is 2.67. The maximum atomic E-state index is 11.1. The Hall–Kier alpha value is -1.05. The molecular formula is C9H8ClNO2S. The van der Waals surface area contributed by atoms with Gasteiger partial charge in [-0.1, -0.05) is 11.6 Å². The highest BCUT2D eigenvalue weighted by Crippen LogP contribution is 2.23. The molecule has 0 aromatic carbocycles. The summed E-state index contributed by atoms with van der Waals surface area (Å²) in [4.78, 5) is 12.0. The zero-order valence-electron chi connectivity index (χ0n) is 7.49. The second-order valence-electron chi connectivity index (χ2n) is 2.61. The molecule has 5 heteroatoms. The van der Waals surface area contributed by atoms with Gasteiger partial charge in [0.15, 0.2) is 0 Å². The van der Waals surface area contributed by atoms with Crippen molar-refractivity contribution in [2.24, 2.45) is 5.92 Å². The number of carbonyl (C=O) groups is 1. The maximum absolute atomic E-state index is 11.1. The second kappa shape index (κ2) is 4.99. The Morgan fingerprint density at radius 3 is 2.93 bits per heavy atom. The van der Waals surface area contributed by atoms with E-state index < -0.39 is 11.9 Å². The fourth-order valence-electron chi connectivity index (χ4n) is 0.987. The van der Waals surface area contributed by atoms with E-state index in [0.717, 1.165) is 4.88 Å². The summed E-state index contributed by atoms with van der Waals surface area (Å²) in [6, 6.07) is 5.45. The van der Waals surface area contributed by atoms with E-state index in [-0.39, 0.29) is 0 Å². The Labute approximate surface area is 90.9 Å². The summed E-state index contributed by atoms with van der Waals surface area (Å²) in [6.45, 7) is 0. The van der Waals surface area contributed by atoms with E-state index in [9.17, 15) is 4.79 Å². The van der Waals surface area contributed by atoms with Crippen molar-refractivity contribution in [2.45, 2.75) is 6.42 Å². The first-order chi connectivity index (χ1) is 6.67. The Morgan fingerprint density at radius 1 is 1.79 bits per heavy atom. The van der Waals surface area contributed by atoms with Gasteiger partial charge in [-0.05, 0) is 12.1 Å². The van der Waals surface area contributed by atoms with Crippen molar-refractivity contribution in [3.63, 3.8) is 0 Å². The number of hydrogen-bond donors (Lipinski definition) is 0. The Kier molecular flexibility index (Phi) is 3.93. The lowest BCUT2D eigenvalue weighted by atomic mass is 10.1. The van der Waals surface area contributed by atoms with Crippen LogP contribution in [0.4, 0.5) is 0 Å². The zero-order chi connectivity index (χ0) is 10.6. The molecule has 1 heterocycles. The van der Waals surface area contributed by atoms with Crippen LogP contribution in [0, 0.1) is 17.2 Å². The molecular weight excluding hydrogens is 222 g/mol. The van der Waals surface area contributed by atoms with Crippen molar-refractivity contribution in [3.8, 4) is 6.07 Å². The van der Waals surface area contributed by atoms with Gasteiger partial charge in [0, 0.05) is 11.3 Å². The smallest absolute Gasteiger partial charge is 0.323 e. The van der Waals surface area contributed by atoms with Gasteiger partial charge in [0.05, 0.1) is 17.5 Å². The molecule has 0 bridgehead atoms. The van der Waals surface area contributed by atoms with Crippen LogP contribution < -0.4 is 0 Å². The third kappa shape index (κ3) is 2.72. The van der Waals surface area contributed by atoms with Gasteiger partial charge in [-0.25, -0.2) is 0 Å². The summed E-state index contributed by atoms with van der Waals surface area (Å²) in [5.41, 5.74) is 0. The number of halogens is 1. The van der Waals surface area contributed by atoms with Crippen LogP contribution in [0.2, 0.25) is 4.34 Å². The highest BCUT2D eigenvalue weighted by molar-refractivity contribution is 7.16. The van der Waals surface area contributed by atoms with Crippen molar-refractivity contribution < 1.29 is 9.53 Å². The van der Waals surface area contributed by atoms with Crippen LogP contribution >= 0.6 is 22.9 Å². The van der Waals surface area contributed by atoms with Gasteiger partial charge in [-0.15, -0.1) is 11.3 Å². The SMILES string of the molecule is COC(=O)[C@H](C#N)Cc1ccc(Cl)s1. The van der Waals surface area contributed by atoms with E-state index in [1.807, 2.05) is 6.07 Å². The molecule has 0 aliphatic heterocycles. The number of hydrogen-bond acceptors (Lipinski definition) is 4. The number of nitrogens with zero attached hydrogens (tertiary/aromatic N) is 1. The number of esters is 1. The van der Waals surface area contributed by atoms with E-state index in [4.69, 9.17) is 16.9 Å². The average molecular weight is 230 g/mol. The number of rotatable bonds is 3. The average Bonchev–Trinajstić information content (AvgIpc) is 2.59. The van der Waals surface area contributed by atoms with Crippen molar-refractivity contribution in [1.29, 1.82) is 5.26 Å². The first-order valence-electron chi connectivity index (χ1n) is 3.89. The molecule has 1 aromatic rings. The van der Waals surface area contributed by atoms with Gasteiger partial charge < -0.3 is 4.74 Å². The quantitative estimate of drug-likeness (QED) is 0.747. The monoisotopic (exact) mass is 229 g/mol. The maximum Gasteiger partial charge on any atom is 0.323 e. The van der Waals surface area contributed by atoms with E-state index in [1.54, 1.807) is 12.1 Å². The Bertz CT molecular complexity index is 369. The molecule has 0 aliphatic rings. The molecule has 0 unspecified atom stereocenters. The normalized spacial score (nSPS) is 11.8. The van der Waals surface area contributed by atoms with Crippen LogP contribution in [-0.4, -0.2) is 13.1 Å². The van der Waals surface area contributed by atoms with Crippen LogP contribution in [0.1, 0.15) is 4.88 Å². The molecule has 3 nitrogen and oxygen atoms in total. The number of nitriles is 1. The largest absolute Gasteiger partial charge is 0.468 e. The molecule has 1 aromatic heterocycles. The van der Waals surface area contributed by atoms with E-state index >= 15 is 0 Å². The summed E-state index contributed by atoms with van der Waals surface area (Å²) in [5.74, 6) is -1.24. The molecule has 0 spiro atoms. The highest BCUT2D eigenvalue weighted by Gasteiger charge is 2.19. The zero-order valence-corrected chi connectivity index (χ0v) is 9.06. The van der Waals surface area contributed by atoms with Crippen molar-refractivity contribution in [3.05, 3.63) is 21.3 Å². The molecule has 0 aliphatic carbocycles. The second-order valence-corrected chi connectivity index (χ2v) is 4.41. The minimum absolute atomic E-state index is 0.362. The summed E-state index contributed by atoms with van der Waals surface area (Å²) < 4.78 is 5.15. The van der Waals surface area contributed by atoms with Gasteiger partial charge in [0.25, 0.3) is 0 Å². The van der Waals surface area contributed by atoms with Gasteiger partial charge in [-0.2, -0.15) is 5.26 Å². The van der Waals surface area contributed by atoms with E-state index in [2.05, 4.69) is 4.74 Å². The van der Waals surface area contributed by atoms with Crippen molar-refractivity contribution >= 4 is 28.9 Å². The first kappa shape index (κ1) is 11.0. The molecule has 14 heavy (non-hydrogen) atoms. The molecule has 0 amide bonds. The summed E-state index contributed by atoms with van der Waals surface area (Å²) in [6.07, 6.45) is 0.362. The van der Waals surface area contributed by atoms with Crippen LogP contribution in [0.3, 0.4) is 0 Å². The molecule has 74 valence electrons. The van der Waals surface area contributed by atoms with Gasteiger partial charge >= 0.3 is 5.97 Å². The van der Waals surface area contributed by atoms with Crippen LogP contribution in [0.25, 0.3) is 0 Å². The lowest BCUT2D eigenvalue weighted by Gasteiger charge is -2.03. The number of methoxy groups -OCH3 is 1. The molecule has 1 rings (SSSR count). The lowest BCUT2D eigenvalue weighted by Crippen LogP contribution is -2.16. The van der Waals surface area contributed by atoms with Crippen LogP contribution in [0.15, 0.2) is 12.1 Å². The lowest BCUT2D eigenvalue weighted by molar-refractivity contribution is -0.143. The Morgan fingerprint density at radius 2 is 2.50 bits per heavy atom. The fourth-order valence-corrected chi connectivity index (χ4v) is 2.12. The van der Waals surface area contributed by atoms with Gasteiger partial charge in [0.1, 0.15) is 5.92 Å². The molecule has 1 atom stereocenters. The molecule has 0 saturated heterocycles.